The maximum atomic E-state index is 5.48. The van der Waals surface area contributed by atoms with Crippen molar-refractivity contribution in [2.75, 3.05) is 69.2 Å². The largest absolute Gasteiger partial charge is 0.497 e. The van der Waals surface area contributed by atoms with Gasteiger partial charge in [-0.3, -0.25) is 0 Å². The Morgan fingerprint density at radius 1 is 0.794 bits per heavy atom. The van der Waals surface area contributed by atoms with E-state index in [1.807, 2.05) is 18.2 Å². The fraction of sp³-hybridized carbons (Fsp3) is 0.393. The van der Waals surface area contributed by atoms with E-state index in [2.05, 4.69) is 85.1 Å². The Kier molecular flexibility index (Phi) is 6.87. The van der Waals surface area contributed by atoms with E-state index in [4.69, 9.17) is 14.5 Å². The molecule has 3 aromatic rings. The summed E-state index contributed by atoms with van der Waals surface area (Å²) in [6.07, 6.45) is 0. The molecule has 0 saturated carbocycles. The number of ether oxygens (including phenoxy) is 2. The molecule has 1 aliphatic heterocycles. The highest BCUT2D eigenvalue weighted by Crippen LogP contribution is 2.36. The predicted octanol–water partition coefficient (Wildman–Crippen LogP) is 5.18. The van der Waals surface area contributed by atoms with Gasteiger partial charge < -0.3 is 24.2 Å². The normalized spacial score (nSPS) is 15.6. The van der Waals surface area contributed by atoms with Crippen LogP contribution in [-0.4, -0.2) is 59.5 Å². The Balaban J connectivity index is 1.66. The summed E-state index contributed by atoms with van der Waals surface area (Å²) in [5, 5.41) is 0. The molecule has 0 unspecified atom stereocenters. The third kappa shape index (κ3) is 5.22. The molecule has 0 N–H and O–H groups in total. The first-order valence-electron chi connectivity index (χ1n) is 11.8. The molecule has 6 nitrogen and oxygen atoms in total. The molecular weight excluding hydrogens is 424 g/mol. The maximum absolute atomic E-state index is 5.48. The van der Waals surface area contributed by atoms with E-state index in [-0.39, 0.29) is 5.41 Å². The zero-order chi connectivity index (χ0) is 24.3. The number of hydrogen-bond acceptors (Lipinski definition) is 6. The summed E-state index contributed by atoms with van der Waals surface area (Å²) in [6, 6.07) is 21.1. The monoisotopic (exact) mass is 460 g/mol. The van der Waals surface area contributed by atoms with Crippen LogP contribution in [0.1, 0.15) is 13.8 Å². The van der Waals surface area contributed by atoms with E-state index in [1.54, 1.807) is 14.2 Å². The second-order valence-corrected chi connectivity index (χ2v) is 9.87. The van der Waals surface area contributed by atoms with E-state index in [9.17, 15) is 0 Å². The van der Waals surface area contributed by atoms with Crippen LogP contribution < -0.4 is 24.2 Å². The molecule has 0 atom stereocenters. The van der Waals surface area contributed by atoms with Gasteiger partial charge in [0.2, 0.25) is 5.88 Å². The summed E-state index contributed by atoms with van der Waals surface area (Å²) in [4.78, 5) is 11.9. The molecule has 0 radical (unpaired) electrons. The quantitative estimate of drug-likeness (QED) is 0.505. The van der Waals surface area contributed by atoms with Gasteiger partial charge in [0.05, 0.1) is 25.6 Å². The second-order valence-electron chi connectivity index (χ2n) is 9.87. The summed E-state index contributed by atoms with van der Waals surface area (Å²) >= 11 is 0. The number of hydrogen-bond donors (Lipinski definition) is 0. The lowest BCUT2D eigenvalue weighted by Crippen LogP contribution is -2.36. The van der Waals surface area contributed by atoms with Gasteiger partial charge in [-0.25, -0.2) is 4.98 Å². The van der Waals surface area contributed by atoms with Crippen molar-refractivity contribution in [3.05, 3.63) is 60.7 Å². The van der Waals surface area contributed by atoms with Crippen molar-refractivity contribution in [1.82, 2.24) is 4.98 Å². The number of nitrogens with zero attached hydrogens (tertiary/aromatic N) is 4. The zero-order valence-corrected chi connectivity index (χ0v) is 21.2. The van der Waals surface area contributed by atoms with Gasteiger partial charge in [0.25, 0.3) is 0 Å². The standard InChI is InChI=1S/C28H36N4O2/c1-28(2)19-31(23-11-13-24(33-5)14-12-23)17-18-32(20-28)25-15-16-26(34-6)29-27(25)21-7-9-22(10-8-21)30(3)4/h7-16H,17-20H2,1-6H3. The molecule has 2 aromatic carbocycles. The number of methoxy groups -OCH3 is 2. The van der Waals surface area contributed by atoms with E-state index >= 15 is 0 Å². The molecule has 1 aliphatic rings. The molecule has 0 amide bonds. The molecule has 0 spiro atoms. The third-order valence-electron chi connectivity index (χ3n) is 6.37. The highest BCUT2D eigenvalue weighted by molar-refractivity contribution is 5.77. The van der Waals surface area contributed by atoms with Crippen molar-refractivity contribution in [1.29, 1.82) is 0 Å². The van der Waals surface area contributed by atoms with Crippen molar-refractivity contribution in [3.8, 4) is 22.9 Å². The van der Waals surface area contributed by atoms with Crippen LogP contribution in [0.3, 0.4) is 0 Å². The summed E-state index contributed by atoms with van der Waals surface area (Å²) < 4.78 is 10.8. The smallest absolute Gasteiger partial charge is 0.213 e. The number of rotatable bonds is 6. The van der Waals surface area contributed by atoms with Gasteiger partial charge in [-0.15, -0.1) is 0 Å². The molecule has 2 heterocycles. The topological polar surface area (TPSA) is 41.1 Å². The SMILES string of the molecule is COc1ccc(N2CCN(c3ccc(OC)nc3-c3ccc(N(C)C)cc3)CC(C)(C)C2)cc1. The van der Waals surface area contributed by atoms with Crippen molar-refractivity contribution in [2.45, 2.75) is 13.8 Å². The molecule has 1 fully saturated rings. The summed E-state index contributed by atoms with van der Waals surface area (Å²) in [6.45, 7) is 8.43. The number of anilines is 3. The van der Waals surface area contributed by atoms with Gasteiger partial charge in [0.1, 0.15) is 5.75 Å². The molecule has 6 heteroatoms. The first-order valence-corrected chi connectivity index (χ1v) is 11.8. The van der Waals surface area contributed by atoms with E-state index in [0.717, 1.165) is 48.9 Å². The van der Waals surface area contributed by atoms with Crippen LogP contribution in [0.4, 0.5) is 17.1 Å². The summed E-state index contributed by atoms with van der Waals surface area (Å²) in [5.74, 6) is 1.51. The van der Waals surface area contributed by atoms with Crippen LogP contribution in [-0.2, 0) is 0 Å². The van der Waals surface area contributed by atoms with Crippen molar-refractivity contribution < 1.29 is 9.47 Å². The first kappa shape index (κ1) is 23.7. The Hall–Kier alpha value is -3.41. The minimum absolute atomic E-state index is 0.0857. The summed E-state index contributed by atoms with van der Waals surface area (Å²) in [5.41, 5.74) is 5.67. The van der Waals surface area contributed by atoms with Crippen LogP contribution in [0.5, 0.6) is 11.6 Å². The third-order valence-corrected chi connectivity index (χ3v) is 6.37. The zero-order valence-electron chi connectivity index (χ0n) is 21.2. The van der Waals surface area contributed by atoms with Gasteiger partial charge >= 0.3 is 0 Å². The van der Waals surface area contributed by atoms with Crippen molar-refractivity contribution in [3.63, 3.8) is 0 Å². The average Bonchev–Trinajstić information content (AvgIpc) is 3.01. The molecule has 1 aromatic heterocycles. The van der Waals surface area contributed by atoms with Gasteiger partial charge in [-0.05, 0) is 47.9 Å². The number of pyridine rings is 1. The number of benzene rings is 2. The molecule has 180 valence electrons. The minimum Gasteiger partial charge on any atom is -0.497 e. The molecule has 1 saturated heterocycles. The fourth-order valence-electron chi connectivity index (χ4n) is 4.63. The minimum atomic E-state index is 0.0857. The van der Waals surface area contributed by atoms with Crippen LogP contribution in [0.15, 0.2) is 60.7 Å². The summed E-state index contributed by atoms with van der Waals surface area (Å²) in [7, 11) is 7.48. The highest BCUT2D eigenvalue weighted by atomic mass is 16.5. The van der Waals surface area contributed by atoms with Gasteiger partial charge in [0.15, 0.2) is 0 Å². The molecular formula is C28H36N4O2. The molecule has 34 heavy (non-hydrogen) atoms. The lowest BCUT2D eigenvalue weighted by atomic mass is 9.92. The Morgan fingerprint density at radius 3 is 2.06 bits per heavy atom. The van der Waals surface area contributed by atoms with Crippen LogP contribution in [0.2, 0.25) is 0 Å². The van der Waals surface area contributed by atoms with Crippen LogP contribution in [0, 0.1) is 5.41 Å². The van der Waals surface area contributed by atoms with Crippen molar-refractivity contribution in [2.24, 2.45) is 5.41 Å². The Morgan fingerprint density at radius 2 is 1.44 bits per heavy atom. The van der Waals surface area contributed by atoms with Crippen LogP contribution >= 0.6 is 0 Å². The fourth-order valence-corrected chi connectivity index (χ4v) is 4.63. The highest BCUT2D eigenvalue weighted by Gasteiger charge is 2.30. The first-order chi connectivity index (χ1) is 16.3. The lowest BCUT2D eigenvalue weighted by molar-refractivity contribution is 0.387. The number of aromatic nitrogens is 1. The molecule has 4 rings (SSSR count). The van der Waals surface area contributed by atoms with Gasteiger partial charge in [0, 0.05) is 63.3 Å². The van der Waals surface area contributed by atoms with E-state index in [1.165, 1.54) is 11.4 Å². The van der Waals surface area contributed by atoms with Gasteiger partial charge in [-0.2, -0.15) is 0 Å². The van der Waals surface area contributed by atoms with E-state index < -0.39 is 0 Å². The lowest BCUT2D eigenvalue weighted by Gasteiger charge is -2.33. The van der Waals surface area contributed by atoms with Crippen molar-refractivity contribution >= 4 is 17.1 Å². The average molecular weight is 461 g/mol. The van der Waals surface area contributed by atoms with E-state index in [0.29, 0.717) is 5.88 Å². The maximum Gasteiger partial charge on any atom is 0.213 e. The van der Waals surface area contributed by atoms with Crippen LogP contribution in [0.25, 0.3) is 11.3 Å². The molecule has 0 bridgehead atoms. The Labute approximate surface area is 203 Å². The van der Waals surface area contributed by atoms with Gasteiger partial charge in [-0.1, -0.05) is 26.0 Å². The predicted molar refractivity (Wildman–Crippen MR) is 142 cm³/mol. The second kappa shape index (κ2) is 9.84. The Bertz CT molecular complexity index is 1090. The molecule has 0 aliphatic carbocycles.